The number of carbonyl (C=O) groups excluding carboxylic acids is 2. The van der Waals surface area contributed by atoms with E-state index >= 15 is 0 Å². The van der Waals surface area contributed by atoms with Gasteiger partial charge in [0.1, 0.15) is 0 Å². The maximum absolute atomic E-state index is 13.2. The van der Waals surface area contributed by atoms with Crippen molar-refractivity contribution in [2.24, 2.45) is 5.73 Å². The van der Waals surface area contributed by atoms with Gasteiger partial charge in [-0.05, 0) is 13.3 Å². The van der Waals surface area contributed by atoms with E-state index < -0.39 is 17.5 Å². The maximum atomic E-state index is 13.2. The van der Waals surface area contributed by atoms with Gasteiger partial charge in [-0.15, -0.1) is 0 Å². The van der Waals surface area contributed by atoms with E-state index in [1.165, 1.54) is 6.92 Å². The number of rotatable bonds is 5. The van der Waals surface area contributed by atoms with E-state index in [0.29, 0.717) is 6.42 Å². The van der Waals surface area contributed by atoms with E-state index in [9.17, 15) is 18.4 Å². The minimum atomic E-state index is -1.11. The van der Waals surface area contributed by atoms with E-state index in [2.05, 4.69) is 10.6 Å². The van der Waals surface area contributed by atoms with Crippen LogP contribution in [0, 0.1) is 11.6 Å². The SMILES string of the molecule is CC(=O)Nc1cc(F)c(F)cc1NC(=O)CCC(C)N. The van der Waals surface area contributed by atoms with Gasteiger partial charge in [0.15, 0.2) is 11.6 Å². The molecule has 0 bridgehead atoms. The summed E-state index contributed by atoms with van der Waals surface area (Å²) in [6, 6.07) is 1.50. The Morgan fingerprint density at radius 2 is 1.70 bits per heavy atom. The molecule has 110 valence electrons. The van der Waals surface area contributed by atoms with Crippen LogP contribution in [0.2, 0.25) is 0 Å². The molecule has 0 aromatic heterocycles. The number of amides is 2. The molecule has 7 heteroatoms. The Bertz CT molecular complexity index is 519. The lowest BCUT2D eigenvalue weighted by atomic mass is 10.2. The van der Waals surface area contributed by atoms with Crippen molar-refractivity contribution in [2.45, 2.75) is 32.7 Å². The molecule has 1 aromatic carbocycles. The van der Waals surface area contributed by atoms with Crippen LogP contribution in [0.5, 0.6) is 0 Å². The fourth-order valence-electron chi connectivity index (χ4n) is 1.51. The predicted octanol–water partition coefficient (Wildman–Crippen LogP) is 1.99. The van der Waals surface area contributed by atoms with E-state index in [-0.39, 0.29) is 29.7 Å². The molecule has 0 heterocycles. The molecule has 0 spiro atoms. The molecule has 5 nitrogen and oxygen atoms in total. The first-order valence-corrected chi connectivity index (χ1v) is 6.11. The predicted molar refractivity (Wildman–Crippen MR) is 72.2 cm³/mol. The molecule has 4 N–H and O–H groups in total. The number of hydrogen-bond donors (Lipinski definition) is 3. The minimum Gasteiger partial charge on any atom is -0.328 e. The van der Waals surface area contributed by atoms with Gasteiger partial charge in [-0.1, -0.05) is 0 Å². The summed E-state index contributed by atoms with van der Waals surface area (Å²) in [5, 5.41) is 4.75. The van der Waals surface area contributed by atoms with Gasteiger partial charge in [-0.25, -0.2) is 8.78 Å². The number of hydrogen-bond acceptors (Lipinski definition) is 3. The molecule has 1 aromatic rings. The highest BCUT2D eigenvalue weighted by Gasteiger charge is 2.13. The van der Waals surface area contributed by atoms with E-state index in [1.54, 1.807) is 6.92 Å². The molecule has 0 aliphatic rings. The molecule has 1 atom stereocenters. The zero-order valence-corrected chi connectivity index (χ0v) is 11.3. The molecule has 20 heavy (non-hydrogen) atoms. The van der Waals surface area contributed by atoms with Crippen molar-refractivity contribution >= 4 is 23.2 Å². The van der Waals surface area contributed by atoms with Crippen molar-refractivity contribution in [3.63, 3.8) is 0 Å². The highest BCUT2D eigenvalue weighted by atomic mass is 19.2. The zero-order chi connectivity index (χ0) is 15.3. The van der Waals surface area contributed by atoms with Crippen LogP contribution in [0.25, 0.3) is 0 Å². The van der Waals surface area contributed by atoms with Crippen LogP contribution < -0.4 is 16.4 Å². The highest BCUT2D eigenvalue weighted by Crippen LogP contribution is 2.25. The zero-order valence-electron chi connectivity index (χ0n) is 11.3. The topological polar surface area (TPSA) is 84.2 Å². The van der Waals surface area contributed by atoms with Gasteiger partial charge in [0.05, 0.1) is 11.4 Å². The van der Waals surface area contributed by atoms with Crippen LogP contribution in [-0.2, 0) is 9.59 Å². The molecule has 0 saturated heterocycles. The Morgan fingerprint density at radius 1 is 1.20 bits per heavy atom. The number of nitrogens with two attached hydrogens (primary N) is 1. The Kier molecular flexibility index (Phi) is 5.57. The summed E-state index contributed by atoms with van der Waals surface area (Å²) in [4.78, 5) is 22.7. The van der Waals surface area contributed by atoms with Gasteiger partial charge < -0.3 is 16.4 Å². The molecule has 1 rings (SSSR count). The summed E-state index contributed by atoms with van der Waals surface area (Å²) in [6.07, 6.45) is 0.612. The number of carbonyl (C=O) groups is 2. The van der Waals surface area contributed by atoms with Crippen LogP contribution in [0.15, 0.2) is 12.1 Å². The lowest BCUT2D eigenvalue weighted by Gasteiger charge is -2.12. The monoisotopic (exact) mass is 285 g/mol. The van der Waals surface area contributed by atoms with Crippen LogP contribution in [0.3, 0.4) is 0 Å². The van der Waals surface area contributed by atoms with Gasteiger partial charge >= 0.3 is 0 Å². The molecule has 2 amide bonds. The third-order valence-electron chi connectivity index (χ3n) is 2.47. The molecule has 0 aliphatic heterocycles. The van der Waals surface area contributed by atoms with Crippen molar-refractivity contribution < 1.29 is 18.4 Å². The van der Waals surface area contributed by atoms with Crippen LogP contribution in [-0.4, -0.2) is 17.9 Å². The van der Waals surface area contributed by atoms with Crippen molar-refractivity contribution in [2.75, 3.05) is 10.6 Å². The first-order valence-electron chi connectivity index (χ1n) is 6.11. The summed E-state index contributed by atoms with van der Waals surface area (Å²) in [5.74, 6) is -3.06. The van der Waals surface area contributed by atoms with Crippen molar-refractivity contribution in [3.05, 3.63) is 23.8 Å². The van der Waals surface area contributed by atoms with Gasteiger partial charge in [0.25, 0.3) is 0 Å². The lowest BCUT2D eigenvalue weighted by molar-refractivity contribution is -0.116. The molecule has 0 fully saturated rings. The Hall–Kier alpha value is -2.02. The molecule has 1 unspecified atom stereocenters. The third kappa shape index (κ3) is 4.93. The fraction of sp³-hybridized carbons (Fsp3) is 0.385. The lowest BCUT2D eigenvalue weighted by Crippen LogP contribution is -2.20. The van der Waals surface area contributed by atoms with E-state index in [4.69, 9.17) is 5.73 Å². The van der Waals surface area contributed by atoms with Crippen LogP contribution in [0.4, 0.5) is 20.2 Å². The number of nitrogens with one attached hydrogen (secondary N) is 2. The first-order chi connectivity index (χ1) is 9.29. The quantitative estimate of drug-likeness (QED) is 0.773. The highest BCUT2D eigenvalue weighted by molar-refractivity contribution is 5.98. The second kappa shape index (κ2) is 6.95. The Morgan fingerprint density at radius 3 is 2.15 bits per heavy atom. The minimum absolute atomic E-state index is 0.00514. The van der Waals surface area contributed by atoms with Gasteiger partial charge in [0.2, 0.25) is 11.8 Å². The largest absolute Gasteiger partial charge is 0.328 e. The second-order valence-corrected chi connectivity index (χ2v) is 4.56. The standard InChI is InChI=1S/C13H17F2N3O2/c1-7(16)3-4-13(20)18-12-6-10(15)9(14)5-11(12)17-8(2)19/h5-7H,3-4,16H2,1-2H3,(H,17,19)(H,18,20). The molecule has 0 saturated carbocycles. The van der Waals surface area contributed by atoms with Crippen LogP contribution in [0.1, 0.15) is 26.7 Å². The van der Waals surface area contributed by atoms with Gasteiger partial charge in [-0.2, -0.15) is 0 Å². The second-order valence-electron chi connectivity index (χ2n) is 4.56. The average Bonchev–Trinajstić information content (AvgIpc) is 2.32. The fourth-order valence-corrected chi connectivity index (χ4v) is 1.51. The number of anilines is 2. The smallest absolute Gasteiger partial charge is 0.224 e. The molecular formula is C13H17F2N3O2. The average molecular weight is 285 g/mol. The normalized spacial score (nSPS) is 11.8. The van der Waals surface area contributed by atoms with Crippen molar-refractivity contribution in [3.8, 4) is 0 Å². The molecular weight excluding hydrogens is 268 g/mol. The summed E-state index contributed by atoms with van der Waals surface area (Å²) >= 11 is 0. The van der Waals surface area contributed by atoms with E-state index in [0.717, 1.165) is 12.1 Å². The Labute approximate surface area is 115 Å². The molecule has 0 aliphatic carbocycles. The van der Waals surface area contributed by atoms with E-state index in [1.807, 2.05) is 0 Å². The van der Waals surface area contributed by atoms with Gasteiger partial charge in [0, 0.05) is 31.5 Å². The Balaban J connectivity index is 2.89. The van der Waals surface area contributed by atoms with Crippen LogP contribution >= 0.6 is 0 Å². The maximum Gasteiger partial charge on any atom is 0.224 e. The summed E-state index contributed by atoms with van der Waals surface area (Å²) in [6.45, 7) is 2.98. The number of benzene rings is 1. The first kappa shape index (κ1) is 16.0. The van der Waals surface area contributed by atoms with Crippen molar-refractivity contribution in [1.29, 1.82) is 0 Å². The van der Waals surface area contributed by atoms with Gasteiger partial charge in [-0.3, -0.25) is 9.59 Å². The third-order valence-corrected chi connectivity index (χ3v) is 2.47. The summed E-state index contributed by atoms with van der Waals surface area (Å²) in [5.41, 5.74) is 5.54. The number of halogens is 2. The molecule has 0 radical (unpaired) electrons. The summed E-state index contributed by atoms with van der Waals surface area (Å²) in [7, 11) is 0. The van der Waals surface area contributed by atoms with Crippen molar-refractivity contribution in [1.82, 2.24) is 0 Å². The summed E-state index contributed by atoms with van der Waals surface area (Å²) < 4.78 is 26.3.